The maximum absolute atomic E-state index is 2.47. The lowest BCUT2D eigenvalue weighted by atomic mass is 9.65. The van der Waals surface area contributed by atoms with E-state index in [9.17, 15) is 0 Å². The number of para-hydroxylation sites is 4. The molecule has 0 saturated carbocycles. The van der Waals surface area contributed by atoms with Crippen LogP contribution in [0.3, 0.4) is 0 Å². The summed E-state index contributed by atoms with van der Waals surface area (Å²) in [6, 6.07) is 120. The van der Waals surface area contributed by atoms with Crippen LogP contribution in [0.2, 0.25) is 0 Å². The summed E-state index contributed by atoms with van der Waals surface area (Å²) in [5, 5.41) is 4.78. The monoisotopic (exact) mass is 1040 g/mol. The largest absolute Gasteiger partial charge is 0.310 e. The van der Waals surface area contributed by atoms with Gasteiger partial charge in [0.25, 0.3) is 0 Å². The van der Waals surface area contributed by atoms with E-state index in [2.05, 4.69) is 337 Å². The average molecular weight is 1040 g/mol. The first-order valence-electron chi connectivity index (χ1n) is 28.3. The third-order valence-corrected chi connectivity index (χ3v) is 16.3. The summed E-state index contributed by atoms with van der Waals surface area (Å²) < 4.78 is 0. The van der Waals surface area contributed by atoms with Gasteiger partial charge in [-0.15, -0.1) is 0 Å². The molecule has 0 atom stereocenters. The number of fused-ring (bicyclic) bond motifs is 6. The Balaban J connectivity index is 1.07. The molecule has 0 N–H and O–H groups in total. The normalized spacial score (nSPS) is 11.4. The molecule has 1 aliphatic rings. The quantitative estimate of drug-likeness (QED) is 0.120. The molecule has 0 radical (unpaired) electrons. The van der Waals surface area contributed by atoms with E-state index in [0.717, 1.165) is 45.3 Å². The second-order valence-electron chi connectivity index (χ2n) is 21.0. The van der Waals surface area contributed by atoms with E-state index in [1.807, 2.05) is 0 Å². The molecule has 0 bridgehead atoms. The fourth-order valence-corrected chi connectivity index (χ4v) is 12.9. The Morgan fingerprint density at radius 1 is 0.159 bits per heavy atom. The average Bonchev–Trinajstić information content (AvgIpc) is 0.864. The lowest BCUT2D eigenvalue weighted by Gasteiger charge is -2.38. The highest BCUT2D eigenvalue weighted by Crippen LogP contribution is 2.66. The summed E-state index contributed by atoms with van der Waals surface area (Å²) in [4.78, 5) is 4.88. The summed E-state index contributed by atoms with van der Waals surface area (Å²) in [5.41, 5.74) is 25.9. The molecule has 2 heteroatoms. The smallest absolute Gasteiger partial charge is 0.0540 e. The van der Waals surface area contributed by atoms with E-state index in [1.54, 1.807) is 0 Å². The first-order chi connectivity index (χ1) is 40.8. The van der Waals surface area contributed by atoms with Crippen LogP contribution in [-0.2, 0) is 0 Å². The van der Waals surface area contributed by atoms with E-state index in [1.165, 1.54) is 99.4 Å². The molecule has 0 unspecified atom stereocenters. The van der Waals surface area contributed by atoms with Crippen LogP contribution in [0.15, 0.2) is 328 Å². The molecule has 384 valence electrons. The van der Waals surface area contributed by atoms with Crippen molar-refractivity contribution in [3.63, 3.8) is 0 Å². The van der Waals surface area contributed by atoms with Gasteiger partial charge in [0.05, 0.1) is 11.4 Å². The maximum atomic E-state index is 2.47. The zero-order valence-corrected chi connectivity index (χ0v) is 45.1. The molecule has 0 spiro atoms. The van der Waals surface area contributed by atoms with Crippen LogP contribution in [0.5, 0.6) is 0 Å². The highest BCUT2D eigenvalue weighted by Gasteiger charge is 2.39. The van der Waals surface area contributed by atoms with Gasteiger partial charge in [-0.1, -0.05) is 267 Å². The Morgan fingerprint density at radius 3 is 0.707 bits per heavy atom. The molecule has 0 aliphatic heterocycles. The Kier molecular flexibility index (Phi) is 12.2. The number of rotatable bonds is 12. The van der Waals surface area contributed by atoms with Crippen molar-refractivity contribution < 1.29 is 0 Å². The number of hydrogen-bond acceptors (Lipinski definition) is 2. The molecule has 14 aromatic carbocycles. The molecule has 0 amide bonds. The minimum Gasteiger partial charge on any atom is -0.310 e. The van der Waals surface area contributed by atoms with Gasteiger partial charge in [-0.25, -0.2) is 0 Å². The van der Waals surface area contributed by atoms with Gasteiger partial charge in [0, 0.05) is 33.9 Å². The zero-order valence-electron chi connectivity index (χ0n) is 45.1. The Morgan fingerprint density at radius 2 is 0.402 bits per heavy atom. The van der Waals surface area contributed by atoms with Crippen molar-refractivity contribution in [3.05, 3.63) is 328 Å². The van der Waals surface area contributed by atoms with Crippen molar-refractivity contribution in [2.75, 3.05) is 9.80 Å². The number of nitrogens with zero attached hydrogens (tertiary/aromatic N) is 2. The Hall–Kier alpha value is -10.8. The fourth-order valence-electron chi connectivity index (χ4n) is 12.9. The van der Waals surface area contributed by atoms with Gasteiger partial charge in [-0.2, -0.15) is 0 Å². The highest BCUT2D eigenvalue weighted by molar-refractivity contribution is 6.33. The molecular formula is C80H54N2. The first-order valence-corrected chi connectivity index (χ1v) is 28.3. The van der Waals surface area contributed by atoms with E-state index in [-0.39, 0.29) is 0 Å². The van der Waals surface area contributed by atoms with Gasteiger partial charge in [0.1, 0.15) is 0 Å². The van der Waals surface area contributed by atoms with Gasteiger partial charge in [0.15, 0.2) is 0 Å². The number of hydrogen-bond donors (Lipinski definition) is 0. The van der Waals surface area contributed by atoms with Gasteiger partial charge in [0.2, 0.25) is 0 Å². The summed E-state index contributed by atoms with van der Waals surface area (Å²) in [5.74, 6) is 0. The third-order valence-electron chi connectivity index (χ3n) is 16.3. The summed E-state index contributed by atoms with van der Waals surface area (Å²) in [6.07, 6.45) is 0. The van der Waals surface area contributed by atoms with Crippen LogP contribution in [0.4, 0.5) is 34.1 Å². The lowest BCUT2D eigenvalue weighted by Crippen LogP contribution is -2.13. The second kappa shape index (κ2) is 20.8. The van der Waals surface area contributed by atoms with Crippen LogP contribution < -0.4 is 9.80 Å². The van der Waals surface area contributed by atoms with Crippen molar-refractivity contribution in [2.45, 2.75) is 0 Å². The van der Waals surface area contributed by atoms with Crippen LogP contribution in [0.1, 0.15) is 0 Å². The maximum Gasteiger partial charge on any atom is 0.0540 e. The Labute approximate surface area is 479 Å². The molecule has 0 heterocycles. The van der Waals surface area contributed by atoms with Crippen LogP contribution in [0, 0.1) is 0 Å². The summed E-state index contributed by atoms with van der Waals surface area (Å²) in [6.45, 7) is 0. The SMILES string of the molecule is c1ccc(-c2ccccc2N(c2ccccc2)c2ccc3c(-c4ccccc4)c4c(c(-c5ccccc5)c3c2)-c2c-4c(-c3ccccc3)c3cc(N(c4ccccc4)c4ccccc4-c4ccccc4)ccc3c2-c2ccccc2)cc1. The molecule has 2 nitrogen and oxygen atoms in total. The molecule has 14 aromatic rings. The topological polar surface area (TPSA) is 6.48 Å². The zero-order chi connectivity index (χ0) is 54.3. The lowest BCUT2D eigenvalue weighted by molar-refractivity contribution is 1.29. The summed E-state index contributed by atoms with van der Waals surface area (Å²) >= 11 is 0. The summed E-state index contributed by atoms with van der Waals surface area (Å²) in [7, 11) is 0. The molecule has 15 rings (SSSR count). The minimum absolute atomic E-state index is 1.08. The molecule has 1 aliphatic carbocycles. The highest BCUT2D eigenvalue weighted by atomic mass is 15.1. The van der Waals surface area contributed by atoms with Crippen molar-refractivity contribution in [2.24, 2.45) is 0 Å². The van der Waals surface area contributed by atoms with Crippen molar-refractivity contribution in [3.8, 4) is 89.0 Å². The minimum atomic E-state index is 1.08. The second-order valence-corrected chi connectivity index (χ2v) is 21.0. The van der Waals surface area contributed by atoms with Crippen LogP contribution >= 0.6 is 0 Å². The van der Waals surface area contributed by atoms with Crippen LogP contribution in [-0.4, -0.2) is 0 Å². The standard InChI is InChI=1S/C80H54N2/c1-9-29-55(30-10-1)65-45-25-27-47-71(65)81(61-41-21-7-22-42-61)63-49-51-67-69(53-63)75(59-37-17-5-18-38-59)79-77(73(67)57-33-13-3-14-34-57)80-76(60-39-19-6-20-40-60)70-54-64(50-52-68(70)74(78(79)80)58-35-15-4-16-36-58)82(62-43-23-8-24-44-62)72-48-28-26-46-66(72)56-31-11-2-12-32-56/h1-54H. The predicted molar refractivity (Wildman–Crippen MR) is 348 cm³/mol. The molecular weight excluding hydrogens is 989 g/mol. The van der Waals surface area contributed by atoms with E-state index in [0.29, 0.717) is 0 Å². The third kappa shape index (κ3) is 8.28. The molecule has 82 heavy (non-hydrogen) atoms. The number of benzene rings is 14. The Bertz CT molecular complexity index is 4310. The number of anilines is 6. The van der Waals surface area contributed by atoms with Crippen LogP contribution in [0.25, 0.3) is 111 Å². The fraction of sp³-hybridized carbons (Fsp3) is 0. The van der Waals surface area contributed by atoms with Crippen molar-refractivity contribution in [1.29, 1.82) is 0 Å². The van der Waals surface area contributed by atoms with Gasteiger partial charge >= 0.3 is 0 Å². The molecule has 0 aromatic heterocycles. The van der Waals surface area contributed by atoms with E-state index < -0.39 is 0 Å². The molecule has 0 fully saturated rings. The van der Waals surface area contributed by atoms with Crippen molar-refractivity contribution in [1.82, 2.24) is 0 Å². The van der Waals surface area contributed by atoms with Gasteiger partial charge in [-0.05, 0) is 160 Å². The van der Waals surface area contributed by atoms with E-state index >= 15 is 0 Å². The predicted octanol–water partition coefficient (Wildman–Crippen LogP) is 22.6. The van der Waals surface area contributed by atoms with Crippen molar-refractivity contribution >= 4 is 55.7 Å². The van der Waals surface area contributed by atoms with Gasteiger partial charge in [-0.3, -0.25) is 0 Å². The molecule has 0 saturated heterocycles. The first kappa shape index (κ1) is 48.3. The van der Waals surface area contributed by atoms with E-state index in [4.69, 9.17) is 0 Å². The van der Waals surface area contributed by atoms with Gasteiger partial charge < -0.3 is 9.80 Å².